The molecule has 2 rings (SSSR count). The number of nitrogens with one attached hydrogen (secondary N) is 2. The third-order valence-electron chi connectivity index (χ3n) is 3.35. The molecule has 1 amide bonds. The summed E-state index contributed by atoms with van der Waals surface area (Å²) in [5, 5.41) is 16.0. The zero-order valence-corrected chi connectivity index (χ0v) is 12.1. The Hall–Kier alpha value is -1.30. The van der Waals surface area contributed by atoms with Crippen LogP contribution in [0.15, 0.2) is 24.3 Å². The van der Waals surface area contributed by atoms with Crippen molar-refractivity contribution >= 4 is 17.5 Å². The normalized spacial score (nSPS) is 23.4. The minimum absolute atomic E-state index is 0.0477. The van der Waals surface area contributed by atoms with Crippen LogP contribution in [0.4, 0.5) is 0 Å². The molecule has 1 aliphatic heterocycles. The smallest absolute Gasteiger partial charge is 0.260 e. The lowest BCUT2D eigenvalue weighted by molar-refractivity contribution is -0.127. The summed E-state index contributed by atoms with van der Waals surface area (Å²) in [6, 6.07) is 7.03. The fraction of sp³-hybridized carbons (Fsp3) is 0.500. The topological polar surface area (TPSA) is 70.6 Å². The number of amides is 1. The third kappa shape index (κ3) is 3.85. The Bertz CT molecular complexity index is 469. The highest BCUT2D eigenvalue weighted by molar-refractivity contribution is 6.32. The van der Waals surface area contributed by atoms with Gasteiger partial charge in [-0.3, -0.25) is 4.79 Å². The quantitative estimate of drug-likeness (QED) is 0.752. The van der Waals surface area contributed by atoms with Gasteiger partial charge in [0.15, 0.2) is 6.10 Å². The van der Waals surface area contributed by atoms with Crippen LogP contribution in [0.2, 0.25) is 5.02 Å². The van der Waals surface area contributed by atoms with Gasteiger partial charge in [-0.25, -0.2) is 0 Å². The van der Waals surface area contributed by atoms with Crippen molar-refractivity contribution in [3.8, 4) is 5.75 Å². The maximum Gasteiger partial charge on any atom is 0.260 e. The standard InChI is InChI=1S/C14H19ClN2O3/c1-9(20-13-5-3-2-4-11(13)15)14(19)17-7-10-6-16-8-12(10)18/h2-5,9-10,12,16,18H,6-8H2,1H3,(H,17,19). The minimum Gasteiger partial charge on any atom is -0.479 e. The Morgan fingerprint density at radius 1 is 1.55 bits per heavy atom. The molecule has 0 aliphatic carbocycles. The Morgan fingerprint density at radius 2 is 2.30 bits per heavy atom. The van der Waals surface area contributed by atoms with E-state index in [2.05, 4.69) is 10.6 Å². The maximum atomic E-state index is 11.9. The van der Waals surface area contributed by atoms with Crippen molar-refractivity contribution in [1.29, 1.82) is 0 Å². The molecule has 0 saturated carbocycles. The van der Waals surface area contributed by atoms with Crippen LogP contribution in [0, 0.1) is 5.92 Å². The van der Waals surface area contributed by atoms with Crippen molar-refractivity contribution in [2.24, 2.45) is 5.92 Å². The molecule has 3 unspecified atom stereocenters. The molecule has 6 heteroatoms. The van der Waals surface area contributed by atoms with Crippen LogP contribution in [0.5, 0.6) is 5.75 Å². The molecule has 1 saturated heterocycles. The van der Waals surface area contributed by atoms with E-state index < -0.39 is 12.2 Å². The molecule has 1 aromatic carbocycles. The van der Waals surface area contributed by atoms with Gasteiger partial charge in [0.05, 0.1) is 11.1 Å². The van der Waals surface area contributed by atoms with Crippen molar-refractivity contribution in [1.82, 2.24) is 10.6 Å². The Morgan fingerprint density at radius 3 is 2.95 bits per heavy atom. The fourth-order valence-corrected chi connectivity index (χ4v) is 2.27. The molecule has 0 aromatic heterocycles. The predicted octanol–water partition coefficient (Wildman–Crippen LogP) is 0.804. The van der Waals surface area contributed by atoms with Gasteiger partial charge >= 0.3 is 0 Å². The Kier molecular flexibility index (Phi) is 5.23. The van der Waals surface area contributed by atoms with Crippen LogP contribution in [0.3, 0.4) is 0 Å². The van der Waals surface area contributed by atoms with E-state index in [0.717, 1.165) is 0 Å². The summed E-state index contributed by atoms with van der Waals surface area (Å²) >= 11 is 5.97. The van der Waals surface area contributed by atoms with Crippen molar-refractivity contribution in [2.75, 3.05) is 19.6 Å². The van der Waals surface area contributed by atoms with Gasteiger partial charge in [-0.2, -0.15) is 0 Å². The van der Waals surface area contributed by atoms with E-state index >= 15 is 0 Å². The number of hydrogen-bond donors (Lipinski definition) is 3. The zero-order chi connectivity index (χ0) is 14.5. The van der Waals surface area contributed by atoms with Crippen LogP contribution < -0.4 is 15.4 Å². The number of ether oxygens (including phenoxy) is 1. The monoisotopic (exact) mass is 298 g/mol. The zero-order valence-electron chi connectivity index (χ0n) is 11.3. The number of hydrogen-bond acceptors (Lipinski definition) is 4. The van der Waals surface area contributed by atoms with Crippen LogP contribution >= 0.6 is 11.6 Å². The van der Waals surface area contributed by atoms with Gasteiger partial charge < -0.3 is 20.5 Å². The van der Waals surface area contributed by atoms with Crippen LogP contribution in [0.25, 0.3) is 0 Å². The van der Waals surface area contributed by atoms with Gasteiger partial charge in [-0.1, -0.05) is 23.7 Å². The third-order valence-corrected chi connectivity index (χ3v) is 3.66. The number of rotatable bonds is 5. The first kappa shape index (κ1) is 15.1. The first-order valence-electron chi connectivity index (χ1n) is 6.65. The first-order valence-corrected chi connectivity index (χ1v) is 7.03. The molecule has 5 nitrogen and oxygen atoms in total. The van der Waals surface area contributed by atoms with Crippen molar-refractivity contribution < 1.29 is 14.6 Å². The van der Waals surface area contributed by atoms with E-state index in [0.29, 0.717) is 30.4 Å². The largest absolute Gasteiger partial charge is 0.479 e. The molecular formula is C14H19ClN2O3. The molecule has 1 fully saturated rings. The van der Waals surface area contributed by atoms with E-state index in [4.69, 9.17) is 16.3 Å². The second kappa shape index (κ2) is 6.92. The summed E-state index contributed by atoms with van der Waals surface area (Å²) < 4.78 is 5.53. The van der Waals surface area contributed by atoms with Crippen LogP contribution in [-0.2, 0) is 4.79 Å². The number of aliphatic hydroxyl groups is 1. The van der Waals surface area contributed by atoms with E-state index in [1.807, 2.05) is 0 Å². The highest BCUT2D eigenvalue weighted by Gasteiger charge is 2.26. The molecule has 3 N–H and O–H groups in total. The lowest BCUT2D eigenvalue weighted by Gasteiger charge is -2.18. The molecule has 0 spiro atoms. The molecule has 3 atom stereocenters. The average Bonchev–Trinajstić information content (AvgIpc) is 2.84. The second-order valence-corrected chi connectivity index (χ2v) is 5.33. The van der Waals surface area contributed by atoms with E-state index in [1.54, 1.807) is 31.2 Å². The van der Waals surface area contributed by atoms with E-state index in [-0.39, 0.29) is 11.8 Å². The molecule has 20 heavy (non-hydrogen) atoms. The Labute approximate surface area is 123 Å². The van der Waals surface area contributed by atoms with E-state index in [9.17, 15) is 9.90 Å². The average molecular weight is 299 g/mol. The summed E-state index contributed by atoms with van der Waals surface area (Å²) in [5.41, 5.74) is 0. The number of halogens is 1. The molecule has 1 aromatic rings. The molecule has 110 valence electrons. The fourth-order valence-electron chi connectivity index (χ4n) is 2.09. The van der Waals surface area contributed by atoms with Gasteiger partial charge in [-0.05, 0) is 19.1 Å². The number of aliphatic hydroxyl groups excluding tert-OH is 1. The minimum atomic E-state index is -0.638. The first-order chi connectivity index (χ1) is 9.58. The summed E-state index contributed by atoms with van der Waals surface area (Å²) in [6.45, 7) is 3.39. The molecule has 1 aliphatic rings. The van der Waals surface area contributed by atoms with E-state index in [1.165, 1.54) is 0 Å². The summed E-state index contributed by atoms with van der Waals surface area (Å²) in [7, 11) is 0. The molecular weight excluding hydrogens is 280 g/mol. The van der Waals surface area contributed by atoms with Crippen LogP contribution in [0.1, 0.15) is 6.92 Å². The maximum absolute atomic E-state index is 11.9. The number of β-amino-alcohol motifs (C(OH)–C–C–N with tert-alkyl or cyclic N) is 1. The predicted molar refractivity (Wildman–Crippen MR) is 76.9 cm³/mol. The Balaban J connectivity index is 1.81. The van der Waals surface area contributed by atoms with Crippen molar-refractivity contribution in [2.45, 2.75) is 19.1 Å². The molecule has 1 heterocycles. The number of carbonyl (C=O) groups is 1. The van der Waals surface area contributed by atoms with Crippen molar-refractivity contribution in [3.63, 3.8) is 0 Å². The second-order valence-electron chi connectivity index (χ2n) is 4.92. The van der Waals surface area contributed by atoms with Gasteiger partial charge in [0.2, 0.25) is 0 Å². The van der Waals surface area contributed by atoms with Gasteiger partial charge in [0, 0.05) is 25.6 Å². The molecule has 0 radical (unpaired) electrons. The highest BCUT2D eigenvalue weighted by Crippen LogP contribution is 2.24. The number of benzene rings is 1. The lowest BCUT2D eigenvalue weighted by atomic mass is 10.1. The summed E-state index contributed by atoms with van der Waals surface area (Å²) in [4.78, 5) is 11.9. The molecule has 0 bridgehead atoms. The number of carbonyl (C=O) groups excluding carboxylic acids is 1. The SMILES string of the molecule is CC(Oc1ccccc1Cl)C(=O)NCC1CNCC1O. The highest BCUT2D eigenvalue weighted by atomic mass is 35.5. The number of para-hydroxylation sites is 1. The van der Waals surface area contributed by atoms with Gasteiger partial charge in [-0.15, -0.1) is 0 Å². The summed E-state index contributed by atoms with van der Waals surface area (Å²) in [6.07, 6.45) is -1.04. The van der Waals surface area contributed by atoms with Gasteiger partial charge in [0.25, 0.3) is 5.91 Å². The van der Waals surface area contributed by atoms with Crippen LogP contribution in [-0.4, -0.2) is 42.9 Å². The summed E-state index contributed by atoms with van der Waals surface area (Å²) in [5.74, 6) is 0.315. The van der Waals surface area contributed by atoms with Gasteiger partial charge in [0.1, 0.15) is 5.75 Å². The van der Waals surface area contributed by atoms with Crippen molar-refractivity contribution in [3.05, 3.63) is 29.3 Å². The lowest BCUT2D eigenvalue weighted by Crippen LogP contribution is -2.41.